The van der Waals surface area contributed by atoms with Gasteiger partial charge in [-0.05, 0) is 37.1 Å². The van der Waals surface area contributed by atoms with Crippen LogP contribution in [0.15, 0.2) is 72.8 Å². The molecule has 3 aromatic rings. The predicted molar refractivity (Wildman–Crippen MR) is 128 cm³/mol. The quantitative estimate of drug-likeness (QED) is 0.441. The summed E-state index contributed by atoms with van der Waals surface area (Å²) in [7, 11) is 0. The molecule has 178 valence electrons. The fourth-order valence-electron chi connectivity index (χ4n) is 4.39. The lowest BCUT2D eigenvalue weighted by Gasteiger charge is -2.40. The van der Waals surface area contributed by atoms with Crippen LogP contribution in [0, 0.1) is 0 Å². The Kier molecular flexibility index (Phi) is 7.63. The SMILES string of the molecule is CC(=O)c1c(O)ccc([C@@H]2CC(OCc3ccccc3)[C@@H](OCc3ccccc3)C(C)O2)c1O. The number of benzene rings is 3. The van der Waals surface area contributed by atoms with Crippen LogP contribution in [0.25, 0.3) is 0 Å². The lowest BCUT2D eigenvalue weighted by molar-refractivity contribution is -0.204. The highest BCUT2D eigenvalue weighted by Gasteiger charge is 2.40. The van der Waals surface area contributed by atoms with Crippen molar-refractivity contribution in [2.45, 2.75) is 57.9 Å². The minimum absolute atomic E-state index is 0.0991. The summed E-state index contributed by atoms with van der Waals surface area (Å²) in [6.07, 6.45) is -1.08. The van der Waals surface area contributed by atoms with Gasteiger partial charge in [0.05, 0.1) is 31.5 Å². The van der Waals surface area contributed by atoms with Gasteiger partial charge in [-0.15, -0.1) is 0 Å². The third-order valence-corrected chi connectivity index (χ3v) is 6.13. The highest BCUT2D eigenvalue weighted by atomic mass is 16.6. The Bertz CT molecular complexity index is 1100. The van der Waals surface area contributed by atoms with E-state index in [0.29, 0.717) is 25.2 Å². The average molecular weight is 463 g/mol. The maximum Gasteiger partial charge on any atom is 0.167 e. The molecule has 4 rings (SSSR count). The monoisotopic (exact) mass is 462 g/mol. The zero-order valence-electron chi connectivity index (χ0n) is 19.4. The van der Waals surface area contributed by atoms with Crippen LogP contribution in [0.4, 0.5) is 0 Å². The summed E-state index contributed by atoms with van der Waals surface area (Å²) in [4.78, 5) is 12.0. The third-order valence-electron chi connectivity index (χ3n) is 6.13. The first kappa shape index (κ1) is 24.0. The zero-order valence-corrected chi connectivity index (χ0v) is 19.4. The summed E-state index contributed by atoms with van der Waals surface area (Å²) in [5, 5.41) is 20.8. The Morgan fingerprint density at radius 1 is 0.912 bits per heavy atom. The van der Waals surface area contributed by atoms with Crippen molar-refractivity contribution >= 4 is 5.78 Å². The van der Waals surface area contributed by atoms with Crippen molar-refractivity contribution in [1.82, 2.24) is 0 Å². The summed E-state index contributed by atoms with van der Waals surface area (Å²) in [5.41, 5.74) is 2.45. The molecule has 6 nitrogen and oxygen atoms in total. The highest BCUT2D eigenvalue weighted by molar-refractivity contribution is 5.99. The van der Waals surface area contributed by atoms with Gasteiger partial charge >= 0.3 is 0 Å². The number of hydrogen-bond donors (Lipinski definition) is 2. The summed E-state index contributed by atoms with van der Waals surface area (Å²) < 4.78 is 18.9. The second kappa shape index (κ2) is 10.8. The Labute approximate surface area is 199 Å². The molecule has 0 aliphatic carbocycles. The molecule has 4 atom stereocenters. The number of hydrogen-bond acceptors (Lipinski definition) is 6. The van der Waals surface area contributed by atoms with Gasteiger partial charge in [-0.1, -0.05) is 60.7 Å². The van der Waals surface area contributed by atoms with Crippen molar-refractivity contribution in [3.63, 3.8) is 0 Å². The first-order valence-corrected chi connectivity index (χ1v) is 11.5. The molecule has 0 aromatic heterocycles. The molecule has 3 aromatic carbocycles. The van der Waals surface area contributed by atoms with E-state index < -0.39 is 11.9 Å². The summed E-state index contributed by atoms with van der Waals surface area (Å²) in [6.45, 7) is 4.07. The van der Waals surface area contributed by atoms with Crippen LogP contribution in [0.2, 0.25) is 0 Å². The molecule has 6 heteroatoms. The Morgan fingerprint density at radius 2 is 1.50 bits per heavy atom. The van der Waals surface area contributed by atoms with Crippen LogP contribution in [0.5, 0.6) is 11.5 Å². The van der Waals surface area contributed by atoms with Gasteiger partial charge in [0.1, 0.15) is 23.2 Å². The summed E-state index contributed by atoms with van der Waals surface area (Å²) in [5.74, 6) is -0.921. The number of ether oxygens (including phenoxy) is 3. The number of phenolic OH excluding ortho intramolecular Hbond substituents is 2. The van der Waals surface area contributed by atoms with E-state index in [-0.39, 0.29) is 35.4 Å². The molecule has 1 aliphatic rings. The van der Waals surface area contributed by atoms with Crippen molar-refractivity contribution in [2.75, 3.05) is 0 Å². The van der Waals surface area contributed by atoms with E-state index in [1.807, 2.05) is 67.6 Å². The number of Topliss-reactive ketones (excluding diaryl/α,β-unsaturated/α-hetero) is 1. The van der Waals surface area contributed by atoms with Crippen LogP contribution in [-0.4, -0.2) is 34.3 Å². The van der Waals surface area contributed by atoms with Gasteiger partial charge in [-0.25, -0.2) is 0 Å². The minimum atomic E-state index is -0.522. The second-order valence-corrected chi connectivity index (χ2v) is 8.62. The molecule has 34 heavy (non-hydrogen) atoms. The van der Waals surface area contributed by atoms with Crippen LogP contribution >= 0.6 is 0 Å². The van der Waals surface area contributed by atoms with Gasteiger partial charge in [0, 0.05) is 12.0 Å². The first-order valence-electron chi connectivity index (χ1n) is 11.5. The Morgan fingerprint density at radius 3 is 2.09 bits per heavy atom. The van der Waals surface area contributed by atoms with Gasteiger partial charge in [-0.3, -0.25) is 4.79 Å². The number of rotatable bonds is 8. The Balaban J connectivity index is 1.57. The molecule has 1 heterocycles. The van der Waals surface area contributed by atoms with Crippen molar-refractivity contribution in [1.29, 1.82) is 0 Å². The van der Waals surface area contributed by atoms with Crippen LogP contribution in [-0.2, 0) is 27.4 Å². The van der Waals surface area contributed by atoms with E-state index in [1.165, 1.54) is 13.0 Å². The standard InChI is InChI=1S/C28H30O6/c1-18(29)26-23(30)14-13-22(27(26)31)24-15-25(32-16-20-9-5-3-6-10-20)28(19(2)34-24)33-17-21-11-7-4-8-12-21/h3-14,19,24-25,28,30-31H,15-17H2,1-2H3/t19?,24-,25?,28-/m0/s1. The molecule has 1 saturated heterocycles. The predicted octanol–water partition coefficient (Wildman–Crippen LogP) is 5.32. The van der Waals surface area contributed by atoms with E-state index in [0.717, 1.165) is 11.1 Å². The molecule has 1 aliphatic heterocycles. The van der Waals surface area contributed by atoms with Crippen molar-refractivity contribution in [3.8, 4) is 11.5 Å². The lowest BCUT2D eigenvalue weighted by Crippen LogP contribution is -2.47. The fourth-order valence-corrected chi connectivity index (χ4v) is 4.39. The molecule has 0 saturated carbocycles. The summed E-state index contributed by atoms with van der Waals surface area (Å²) in [6, 6.07) is 22.8. The largest absolute Gasteiger partial charge is 0.507 e. The third kappa shape index (κ3) is 5.47. The molecule has 0 bridgehead atoms. The van der Waals surface area contributed by atoms with Crippen molar-refractivity contribution in [2.24, 2.45) is 0 Å². The highest BCUT2D eigenvalue weighted by Crippen LogP contribution is 2.42. The number of carbonyl (C=O) groups is 1. The van der Waals surface area contributed by atoms with Gasteiger partial charge in [0.25, 0.3) is 0 Å². The van der Waals surface area contributed by atoms with Gasteiger partial charge < -0.3 is 24.4 Å². The number of ketones is 1. The smallest absolute Gasteiger partial charge is 0.167 e. The molecular formula is C28H30O6. The zero-order chi connectivity index (χ0) is 24.1. The van der Waals surface area contributed by atoms with Crippen LogP contribution < -0.4 is 0 Å². The molecule has 0 amide bonds. The van der Waals surface area contributed by atoms with E-state index >= 15 is 0 Å². The van der Waals surface area contributed by atoms with Crippen LogP contribution in [0.1, 0.15) is 53.4 Å². The Hall–Kier alpha value is -3.19. The van der Waals surface area contributed by atoms with E-state index in [4.69, 9.17) is 14.2 Å². The normalized spacial score (nSPS) is 22.4. The van der Waals surface area contributed by atoms with Crippen molar-refractivity contribution in [3.05, 3.63) is 95.1 Å². The van der Waals surface area contributed by atoms with E-state index in [9.17, 15) is 15.0 Å². The van der Waals surface area contributed by atoms with E-state index in [2.05, 4.69) is 0 Å². The van der Waals surface area contributed by atoms with Crippen molar-refractivity contribution < 1.29 is 29.2 Å². The summed E-state index contributed by atoms with van der Waals surface area (Å²) >= 11 is 0. The number of phenols is 2. The number of carbonyl (C=O) groups excluding carboxylic acids is 1. The van der Waals surface area contributed by atoms with E-state index in [1.54, 1.807) is 6.07 Å². The van der Waals surface area contributed by atoms with Gasteiger partial charge in [0.2, 0.25) is 0 Å². The molecule has 2 N–H and O–H groups in total. The fraction of sp³-hybridized carbons (Fsp3) is 0.321. The molecule has 0 radical (unpaired) electrons. The molecule has 1 fully saturated rings. The van der Waals surface area contributed by atoms with Gasteiger partial charge in [-0.2, -0.15) is 0 Å². The molecule has 0 spiro atoms. The van der Waals surface area contributed by atoms with Gasteiger partial charge in [0.15, 0.2) is 5.78 Å². The molecule has 2 unspecified atom stereocenters. The maximum atomic E-state index is 12.0. The second-order valence-electron chi connectivity index (χ2n) is 8.62. The molecular weight excluding hydrogens is 432 g/mol. The topological polar surface area (TPSA) is 85.2 Å². The number of aromatic hydroxyl groups is 2. The first-order chi connectivity index (χ1) is 16.4. The minimum Gasteiger partial charge on any atom is -0.507 e. The average Bonchev–Trinajstić information content (AvgIpc) is 2.83. The maximum absolute atomic E-state index is 12.0. The van der Waals surface area contributed by atoms with Crippen LogP contribution in [0.3, 0.4) is 0 Å². The lowest BCUT2D eigenvalue weighted by atomic mass is 9.91.